The van der Waals surface area contributed by atoms with Crippen molar-refractivity contribution in [2.45, 2.75) is 38.1 Å². The summed E-state index contributed by atoms with van der Waals surface area (Å²) in [4.78, 5) is 0. The minimum absolute atomic E-state index is 0.0913. The largest absolute Gasteiger partial charge is 0.383 e. The van der Waals surface area contributed by atoms with Gasteiger partial charge in [0.05, 0.1) is 18.8 Å². The highest BCUT2D eigenvalue weighted by Gasteiger charge is 2.44. The van der Waals surface area contributed by atoms with E-state index in [1.807, 2.05) is 13.8 Å². The maximum Gasteiger partial charge on any atom is 0.116 e. The van der Waals surface area contributed by atoms with Crippen LogP contribution in [0.15, 0.2) is 12.2 Å². The van der Waals surface area contributed by atoms with Crippen LogP contribution >= 0.6 is 0 Å². The van der Waals surface area contributed by atoms with Crippen LogP contribution in [0.1, 0.15) is 20.3 Å². The molecule has 0 radical (unpaired) electrons. The van der Waals surface area contributed by atoms with E-state index in [-0.39, 0.29) is 12.2 Å². The van der Waals surface area contributed by atoms with E-state index in [2.05, 4.69) is 6.58 Å². The van der Waals surface area contributed by atoms with Crippen molar-refractivity contribution in [2.75, 3.05) is 13.7 Å². The van der Waals surface area contributed by atoms with Gasteiger partial charge in [-0.05, 0) is 19.4 Å². The quantitative estimate of drug-likeness (QED) is 0.671. The average molecular weight is 186 g/mol. The molecular formula is C10H18O3. The molecule has 0 bridgehead atoms. The van der Waals surface area contributed by atoms with Crippen LogP contribution in [0.4, 0.5) is 0 Å². The zero-order valence-electron chi connectivity index (χ0n) is 8.54. The molecular weight excluding hydrogens is 168 g/mol. The zero-order valence-corrected chi connectivity index (χ0v) is 8.54. The van der Waals surface area contributed by atoms with Crippen LogP contribution in [0.5, 0.6) is 0 Å². The van der Waals surface area contributed by atoms with E-state index in [0.717, 1.165) is 0 Å². The van der Waals surface area contributed by atoms with Crippen LogP contribution in [0.2, 0.25) is 0 Å². The summed E-state index contributed by atoms with van der Waals surface area (Å²) in [6, 6.07) is 0. The second-order valence-electron chi connectivity index (χ2n) is 3.75. The fraction of sp³-hybridized carbons (Fsp3) is 0.800. The number of methoxy groups -OCH3 is 1. The van der Waals surface area contributed by atoms with E-state index in [1.165, 1.54) is 0 Å². The molecule has 1 rings (SSSR count). The number of ether oxygens (including phenoxy) is 2. The van der Waals surface area contributed by atoms with Gasteiger partial charge in [0.1, 0.15) is 5.60 Å². The van der Waals surface area contributed by atoms with Gasteiger partial charge in [-0.1, -0.05) is 6.58 Å². The first-order valence-corrected chi connectivity index (χ1v) is 4.55. The fourth-order valence-electron chi connectivity index (χ4n) is 1.84. The first-order chi connectivity index (χ1) is 6.00. The first kappa shape index (κ1) is 10.7. The number of aliphatic hydroxyl groups is 1. The van der Waals surface area contributed by atoms with Gasteiger partial charge in [0.15, 0.2) is 0 Å². The fourth-order valence-corrected chi connectivity index (χ4v) is 1.84. The molecule has 1 aliphatic rings. The van der Waals surface area contributed by atoms with Crippen molar-refractivity contribution < 1.29 is 14.6 Å². The molecule has 1 heterocycles. The lowest BCUT2D eigenvalue weighted by Gasteiger charge is -2.27. The Bertz CT molecular complexity index is 202. The van der Waals surface area contributed by atoms with Crippen molar-refractivity contribution >= 4 is 0 Å². The predicted molar refractivity (Wildman–Crippen MR) is 50.6 cm³/mol. The molecule has 0 aliphatic carbocycles. The molecule has 0 aromatic heterocycles. The summed E-state index contributed by atoms with van der Waals surface area (Å²) in [6.07, 6.45) is 0.509. The molecule has 3 atom stereocenters. The normalized spacial score (nSPS) is 39.4. The van der Waals surface area contributed by atoms with Gasteiger partial charge in [0.2, 0.25) is 0 Å². The Hall–Kier alpha value is -0.380. The lowest BCUT2D eigenvalue weighted by atomic mass is 9.87. The van der Waals surface area contributed by atoms with Crippen LogP contribution in [0.25, 0.3) is 0 Å². The van der Waals surface area contributed by atoms with Crippen LogP contribution in [0, 0.1) is 0 Å². The first-order valence-electron chi connectivity index (χ1n) is 4.55. The monoisotopic (exact) mass is 186 g/mol. The molecule has 0 saturated carbocycles. The van der Waals surface area contributed by atoms with Crippen molar-refractivity contribution in [3.63, 3.8) is 0 Å². The summed E-state index contributed by atoms with van der Waals surface area (Å²) in [7, 11) is 1.60. The summed E-state index contributed by atoms with van der Waals surface area (Å²) in [6.45, 7) is 8.03. The zero-order chi connectivity index (χ0) is 10.1. The molecule has 3 unspecified atom stereocenters. The number of hydrogen-bond acceptors (Lipinski definition) is 3. The minimum atomic E-state index is -0.907. The summed E-state index contributed by atoms with van der Waals surface area (Å²) < 4.78 is 10.4. The van der Waals surface area contributed by atoms with E-state index in [9.17, 15) is 5.11 Å². The highest BCUT2D eigenvalue weighted by Crippen LogP contribution is 2.35. The standard InChI is InChI=1S/C10H18O3/c1-7(6-12-4)10(11)5-8(2)13-9(10)3/h8-9,11H,1,5-6H2,2-4H3. The third-order valence-electron chi connectivity index (χ3n) is 2.64. The molecule has 0 spiro atoms. The molecule has 3 nitrogen and oxygen atoms in total. The summed E-state index contributed by atoms with van der Waals surface area (Å²) in [5.74, 6) is 0. The minimum Gasteiger partial charge on any atom is -0.383 e. The van der Waals surface area contributed by atoms with Crippen molar-refractivity contribution in [2.24, 2.45) is 0 Å². The smallest absolute Gasteiger partial charge is 0.116 e. The highest BCUT2D eigenvalue weighted by molar-refractivity contribution is 5.18. The molecule has 0 aromatic carbocycles. The molecule has 0 amide bonds. The van der Waals surface area contributed by atoms with Gasteiger partial charge in [0, 0.05) is 13.5 Å². The third kappa shape index (κ3) is 1.93. The van der Waals surface area contributed by atoms with Gasteiger partial charge < -0.3 is 14.6 Å². The molecule has 1 saturated heterocycles. The van der Waals surface area contributed by atoms with E-state index >= 15 is 0 Å². The van der Waals surface area contributed by atoms with Gasteiger partial charge in [0.25, 0.3) is 0 Å². The summed E-state index contributed by atoms with van der Waals surface area (Å²) >= 11 is 0. The Morgan fingerprint density at radius 2 is 2.31 bits per heavy atom. The van der Waals surface area contributed by atoms with Gasteiger partial charge in [-0.25, -0.2) is 0 Å². The van der Waals surface area contributed by atoms with E-state index in [1.54, 1.807) is 7.11 Å². The van der Waals surface area contributed by atoms with Crippen molar-refractivity contribution in [1.29, 1.82) is 0 Å². The van der Waals surface area contributed by atoms with Crippen LogP contribution in [-0.4, -0.2) is 36.6 Å². The second-order valence-corrected chi connectivity index (χ2v) is 3.75. The average Bonchev–Trinajstić information content (AvgIpc) is 2.28. The van der Waals surface area contributed by atoms with Gasteiger partial charge >= 0.3 is 0 Å². The van der Waals surface area contributed by atoms with Gasteiger partial charge in [-0.15, -0.1) is 0 Å². The molecule has 13 heavy (non-hydrogen) atoms. The van der Waals surface area contributed by atoms with Crippen molar-refractivity contribution in [1.82, 2.24) is 0 Å². The van der Waals surface area contributed by atoms with Gasteiger partial charge in [-0.3, -0.25) is 0 Å². The maximum absolute atomic E-state index is 10.2. The van der Waals surface area contributed by atoms with E-state index < -0.39 is 5.60 Å². The Morgan fingerprint density at radius 3 is 2.69 bits per heavy atom. The van der Waals surface area contributed by atoms with Crippen molar-refractivity contribution in [3.8, 4) is 0 Å². The molecule has 1 fully saturated rings. The Kier molecular flexibility index (Phi) is 3.11. The summed E-state index contributed by atoms with van der Waals surface area (Å²) in [5, 5.41) is 10.2. The lowest BCUT2D eigenvalue weighted by Crippen LogP contribution is -2.39. The highest BCUT2D eigenvalue weighted by atomic mass is 16.5. The maximum atomic E-state index is 10.2. The Balaban J connectivity index is 2.69. The van der Waals surface area contributed by atoms with Crippen LogP contribution < -0.4 is 0 Å². The Labute approximate surface area is 79.3 Å². The van der Waals surface area contributed by atoms with E-state index in [4.69, 9.17) is 9.47 Å². The number of hydrogen-bond donors (Lipinski definition) is 1. The molecule has 3 heteroatoms. The topological polar surface area (TPSA) is 38.7 Å². The van der Waals surface area contributed by atoms with E-state index in [0.29, 0.717) is 18.6 Å². The van der Waals surface area contributed by atoms with Crippen LogP contribution in [0.3, 0.4) is 0 Å². The molecule has 76 valence electrons. The lowest BCUT2D eigenvalue weighted by molar-refractivity contribution is -0.0189. The SMILES string of the molecule is C=C(COC)C1(O)CC(C)OC1C. The predicted octanol–water partition coefficient (Wildman–Crippen LogP) is 1.12. The van der Waals surface area contributed by atoms with Gasteiger partial charge in [-0.2, -0.15) is 0 Å². The molecule has 1 N–H and O–H groups in total. The second kappa shape index (κ2) is 3.78. The Morgan fingerprint density at radius 1 is 1.69 bits per heavy atom. The molecule has 0 aromatic rings. The summed E-state index contributed by atoms with van der Waals surface area (Å²) in [5.41, 5.74) is -0.207. The third-order valence-corrected chi connectivity index (χ3v) is 2.64. The van der Waals surface area contributed by atoms with Crippen LogP contribution in [-0.2, 0) is 9.47 Å². The van der Waals surface area contributed by atoms with Crippen molar-refractivity contribution in [3.05, 3.63) is 12.2 Å². The molecule has 1 aliphatic heterocycles. The number of rotatable bonds is 3.